The first kappa shape index (κ1) is 16.2. The van der Waals surface area contributed by atoms with Crippen molar-refractivity contribution in [2.75, 3.05) is 6.54 Å². The fourth-order valence-corrected chi connectivity index (χ4v) is 2.77. The molecule has 3 nitrogen and oxygen atoms in total. The van der Waals surface area contributed by atoms with Crippen LogP contribution in [0.5, 0.6) is 0 Å². The standard InChI is InChI=1S/C17H24BrN3/c1-4-6-17-14(11-19-10-13(2)3)12-20-21(17)16-8-5-7-15(18)9-16/h5,7-9,12-13,19H,4,6,10-11H2,1-3H3. The molecule has 114 valence electrons. The molecular weight excluding hydrogens is 326 g/mol. The van der Waals surface area contributed by atoms with Crippen LogP contribution in [0.25, 0.3) is 5.69 Å². The maximum absolute atomic E-state index is 4.60. The highest BCUT2D eigenvalue weighted by Gasteiger charge is 2.11. The van der Waals surface area contributed by atoms with E-state index in [0.717, 1.165) is 36.1 Å². The monoisotopic (exact) mass is 349 g/mol. The highest BCUT2D eigenvalue weighted by Crippen LogP contribution is 2.20. The number of benzene rings is 1. The van der Waals surface area contributed by atoms with E-state index in [2.05, 4.69) is 63.9 Å². The molecule has 4 heteroatoms. The van der Waals surface area contributed by atoms with Gasteiger partial charge in [0.2, 0.25) is 0 Å². The van der Waals surface area contributed by atoms with Crippen molar-refractivity contribution in [3.63, 3.8) is 0 Å². The summed E-state index contributed by atoms with van der Waals surface area (Å²) in [6, 6.07) is 8.30. The molecule has 0 unspecified atom stereocenters. The van der Waals surface area contributed by atoms with Gasteiger partial charge < -0.3 is 5.32 Å². The summed E-state index contributed by atoms with van der Waals surface area (Å²) >= 11 is 3.53. The number of nitrogens with zero attached hydrogens (tertiary/aromatic N) is 2. The van der Waals surface area contributed by atoms with Gasteiger partial charge in [-0.3, -0.25) is 0 Å². The molecule has 0 aliphatic rings. The van der Waals surface area contributed by atoms with Crippen LogP contribution in [0, 0.1) is 5.92 Å². The Kier molecular flexibility index (Phi) is 6.00. The molecule has 1 aromatic heterocycles. The molecule has 0 aliphatic heterocycles. The highest BCUT2D eigenvalue weighted by molar-refractivity contribution is 9.10. The Morgan fingerprint density at radius 3 is 2.81 bits per heavy atom. The highest BCUT2D eigenvalue weighted by atomic mass is 79.9. The van der Waals surface area contributed by atoms with E-state index in [4.69, 9.17) is 0 Å². The summed E-state index contributed by atoms with van der Waals surface area (Å²) < 4.78 is 3.15. The molecule has 0 aliphatic carbocycles. The molecule has 0 atom stereocenters. The van der Waals surface area contributed by atoms with Crippen LogP contribution in [0.1, 0.15) is 38.4 Å². The number of halogens is 1. The van der Waals surface area contributed by atoms with Crippen LogP contribution in [-0.4, -0.2) is 16.3 Å². The fourth-order valence-electron chi connectivity index (χ4n) is 2.38. The van der Waals surface area contributed by atoms with Crippen LogP contribution in [0.2, 0.25) is 0 Å². The predicted octanol–water partition coefficient (Wildman–Crippen LogP) is 4.33. The van der Waals surface area contributed by atoms with Crippen LogP contribution in [0.15, 0.2) is 34.9 Å². The molecule has 21 heavy (non-hydrogen) atoms. The minimum absolute atomic E-state index is 0.666. The maximum atomic E-state index is 4.60. The first-order valence-electron chi connectivity index (χ1n) is 7.64. The Morgan fingerprint density at radius 2 is 2.14 bits per heavy atom. The van der Waals surface area contributed by atoms with Crippen molar-refractivity contribution in [2.45, 2.75) is 40.2 Å². The van der Waals surface area contributed by atoms with Gasteiger partial charge in [-0.2, -0.15) is 5.10 Å². The Morgan fingerprint density at radius 1 is 1.33 bits per heavy atom. The molecule has 0 radical (unpaired) electrons. The molecule has 0 bridgehead atoms. The van der Waals surface area contributed by atoms with Crippen LogP contribution in [0.4, 0.5) is 0 Å². The van der Waals surface area contributed by atoms with Gasteiger partial charge in [0, 0.05) is 22.3 Å². The first-order valence-corrected chi connectivity index (χ1v) is 8.43. The Bertz CT molecular complexity index is 575. The Hall–Kier alpha value is -1.13. The molecule has 1 aromatic carbocycles. The summed E-state index contributed by atoms with van der Waals surface area (Å²) in [4.78, 5) is 0. The topological polar surface area (TPSA) is 29.9 Å². The second-order valence-corrected chi connectivity index (χ2v) is 6.70. The van der Waals surface area contributed by atoms with Crippen LogP contribution in [0.3, 0.4) is 0 Å². The van der Waals surface area contributed by atoms with E-state index in [9.17, 15) is 0 Å². The van der Waals surface area contributed by atoms with Gasteiger partial charge in [-0.05, 0) is 37.1 Å². The number of hydrogen-bond donors (Lipinski definition) is 1. The van der Waals surface area contributed by atoms with Gasteiger partial charge in [0.05, 0.1) is 11.9 Å². The normalized spacial score (nSPS) is 11.3. The second-order valence-electron chi connectivity index (χ2n) is 5.78. The summed E-state index contributed by atoms with van der Waals surface area (Å²) in [6.07, 6.45) is 4.17. The average Bonchev–Trinajstić information content (AvgIpc) is 2.82. The van der Waals surface area contributed by atoms with Crippen molar-refractivity contribution >= 4 is 15.9 Å². The van der Waals surface area contributed by atoms with Gasteiger partial charge in [0.1, 0.15) is 0 Å². The van der Waals surface area contributed by atoms with Crippen molar-refractivity contribution in [3.8, 4) is 5.69 Å². The molecule has 2 aromatic rings. The molecule has 1 heterocycles. The third kappa shape index (κ3) is 4.42. The molecule has 0 saturated heterocycles. The number of nitrogens with one attached hydrogen (secondary N) is 1. The molecule has 0 spiro atoms. The maximum Gasteiger partial charge on any atom is 0.0660 e. The molecular formula is C17H24BrN3. The smallest absolute Gasteiger partial charge is 0.0660 e. The van der Waals surface area contributed by atoms with Crippen LogP contribution < -0.4 is 5.32 Å². The lowest BCUT2D eigenvalue weighted by Gasteiger charge is -2.11. The summed E-state index contributed by atoms with van der Waals surface area (Å²) in [5.41, 5.74) is 3.73. The van der Waals surface area contributed by atoms with E-state index in [1.54, 1.807) is 0 Å². The predicted molar refractivity (Wildman–Crippen MR) is 91.8 cm³/mol. The largest absolute Gasteiger partial charge is 0.312 e. The zero-order chi connectivity index (χ0) is 15.2. The molecule has 1 N–H and O–H groups in total. The zero-order valence-electron chi connectivity index (χ0n) is 13.1. The lowest BCUT2D eigenvalue weighted by molar-refractivity contribution is 0.550. The van der Waals surface area contributed by atoms with Crippen molar-refractivity contribution in [1.29, 1.82) is 0 Å². The zero-order valence-corrected chi connectivity index (χ0v) is 14.7. The summed E-state index contributed by atoms with van der Waals surface area (Å²) in [5.74, 6) is 0.666. The molecule has 2 rings (SSSR count). The van der Waals surface area contributed by atoms with Crippen molar-refractivity contribution in [1.82, 2.24) is 15.1 Å². The van der Waals surface area contributed by atoms with E-state index in [0.29, 0.717) is 5.92 Å². The average molecular weight is 350 g/mol. The first-order chi connectivity index (χ1) is 10.1. The minimum Gasteiger partial charge on any atom is -0.312 e. The minimum atomic E-state index is 0.666. The molecule has 0 amide bonds. The number of hydrogen-bond acceptors (Lipinski definition) is 2. The summed E-state index contributed by atoms with van der Waals surface area (Å²) in [6.45, 7) is 8.59. The Balaban J connectivity index is 2.23. The van der Waals surface area contributed by atoms with Crippen LogP contribution in [-0.2, 0) is 13.0 Å². The third-order valence-electron chi connectivity index (χ3n) is 3.36. The van der Waals surface area contributed by atoms with Gasteiger partial charge in [-0.15, -0.1) is 0 Å². The van der Waals surface area contributed by atoms with E-state index >= 15 is 0 Å². The number of aromatic nitrogens is 2. The van der Waals surface area contributed by atoms with Crippen LogP contribution >= 0.6 is 15.9 Å². The lowest BCUT2D eigenvalue weighted by Crippen LogP contribution is -2.19. The lowest BCUT2D eigenvalue weighted by atomic mass is 10.1. The molecule has 0 saturated carbocycles. The SMILES string of the molecule is CCCc1c(CNCC(C)C)cnn1-c1cccc(Br)c1. The second kappa shape index (κ2) is 7.76. The quantitative estimate of drug-likeness (QED) is 0.805. The Labute approximate surface area is 135 Å². The van der Waals surface area contributed by atoms with Gasteiger partial charge >= 0.3 is 0 Å². The summed E-state index contributed by atoms with van der Waals surface area (Å²) in [7, 11) is 0. The van der Waals surface area contributed by atoms with E-state index in [1.165, 1.54) is 11.3 Å². The van der Waals surface area contributed by atoms with Crippen molar-refractivity contribution < 1.29 is 0 Å². The number of rotatable bonds is 7. The van der Waals surface area contributed by atoms with Gasteiger partial charge in [0.25, 0.3) is 0 Å². The summed E-state index contributed by atoms with van der Waals surface area (Å²) in [5, 5.41) is 8.11. The van der Waals surface area contributed by atoms with E-state index in [-0.39, 0.29) is 0 Å². The van der Waals surface area contributed by atoms with Gasteiger partial charge in [0.15, 0.2) is 0 Å². The van der Waals surface area contributed by atoms with E-state index in [1.807, 2.05) is 18.3 Å². The fraction of sp³-hybridized carbons (Fsp3) is 0.471. The third-order valence-corrected chi connectivity index (χ3v) is 3.86. The van der Waals surface area contributed by atoms with E-state index < -0.39 is 0 Å². The van der Waals surface area contributed by atoms with Crippen molar-refractivity contribution in [2.24, 2.45) is 5.92 Å². The van der Waals surface area contributed by atoms with Crippen molar-refractivity contribution in [3.05, 3.63) is 46.2 Å². The molecule has 0 fully saturated rings. The van der Waals surface area contributed by atoms with Gasteiger partial charge in [-0.1, -0.05) is 49.2 Å². The van der Waals surface area contributed by atoms with Gasteiger partial charge in [-0.25, -0.2) is 4.68 Å².